The van der Waals surface area contributed by atoms with Crippen molar-refractivity contribution in [3.05, 3.63) is 48.0 Å². The number of hydrogen-bond donors (Lipinski definition) is 1. The Kier molecular flexibility index (Phi) is 3.41. The third-order valence-electron chi connectivity index (χ3n) is 2.62. The zero-order valence-corrected chi connectivity index (χ0v) is 9.72. The largest absolute Gasteiger partial charge is 0.383 e. The average Bonchev–Trinajstić information content (AvgIpc) is 2.76. The van der Waals surface area contributed by atoms with Gasteiger partial charge in [-0.1, -0.05) is 0 Å². The van der Waals surface area contributed by atoms with Crippen molar-refractivity contribution in [1.29, 1.82) is 5.26 Å². The van der Waals surface area contributed by atoms with Crippen LogP contribution < -0.4 is 5.32 Å². The standard InChI is InChI=1S/C13H14N4/c1-11-15-6-8-17(11)9-7-16-13-4-2-12(10-14)3-5-13/h2-6,8,16H,7,9H2,1H3. The summed E-state index contributed by atoms with van der Waals surface area (Å²) in [6.45, 7) is 3.71. The Hall–Kier alpha value is -2.28. The minimum Gasteiger partial charge on any atom is -0.383 e. The molecular weight excluding hydrogens is 212 g/mol. The van der Waals surface area contributed by atoms with Crippen LogP contribution >= 0.6 is 0 Å². The molecule has 0 spiro atoms. The topological polar surface area (TPSA) is 53.6 Å². The van der Waals surface area contributed by atoms with Crippen LogP contribution in [0.4, 0.5) is 5.69 Å². The van der Waals surface area contributed by atoms with Crippen LogP contribution in [0.25, 0.3) is 0 Å². The lowest BCUT2D eigenvalue weighted by molar-refractivity contribution is 0.701. The highest BCUT2D eigenvalue weighted by Crippen LogP contribution is 2.08. The molecule has 0 saturated carbocycles. The highest BCUT2D eigenvalue weighted by Gasteiger charge is 1.96. The first kappa shape index (κ1) is 11.2. The van der Waals surface area contributed by atoms with Crippen LogP contribution in [0.15, 0.2) is 36.7 Å². The summed E-state index contributed by atoms with van der Waals surface area (Å²) in [4.78, 5) is 4.16. The lowest BCUT2D eigenvalue weighted by atomic mass is 10.2. The summed E-state index contributed by atoms with van der Waals surface area (Å²) in [5, 5.41) is 12.0. The molecule has 0 atom stereocenters. The number of anilines is 1. The summed E-state index contributed by atoms with van der Waals surface area (Å²) >= 11 is 0. The number of nitrogens with zero attached hydrogens (tertiary/aromatic N) is 3. The Bertz CT molecular complexity index is 519. The Morgan fingerprint density at radius 2 is 2.12 bits per heavy atom. The van der Waals surface area contributed by atoms with Crippen molar-refractivity contribution < 1.29 is 0 Å². The quantitative estimate of drug-likeness (QED) is 0.869. The van der Waals surface area contributed by atoms with E-state index in [0.29, 0.717) is 5.56 Å². The first-order valence-electron chi connectivity index (χ1n) is 5.51. The molecule has 4 nitrogen and oxygen atoms in total. The van der Waals surface area contributed by atoms with Crippen LogP contribution in [0.5, 0.6) is 0 Å². The predicted octanol–water partition coefficient (Wildman–Crippen LogP) is 2.18. The number of imidazole rings is 1. The number of aromatic nitrogens is 2. The minimum absolute atomic E-state index is 0.681. The zero-order chi connectivity index (χ0) is 12.1. The summed E-state index contributed by atoms with van der Waals surface area (Å²) in [7, 11) is 0. The number of nitriles is 1. The fraction of sp³-hybridized carbons (Fsp3) is 0.231. The van der Waals surface area contributed by atoms with Gasteiger partial charge in [0.15, 0.2) is 0 Å². The molecule has 1 heterocycles. The van der Waals surface area contributed by atoms with E-state index in [0.717, 1.165) is 24.6 Å². The van der Waals surface area contributed by atoms with Gasteiger partial charge in [0, 0.05) is 31.2 Å². The van der Waals surface area contributed by atoms with Gasteiger partial charge in [-0.25, -0.2) is 4.98 Å². The minimum atomic E-state index is 0.681. The average molecular weight is 226 g/mol. The fourth-order valence-corrected chi connectivity index (χ4v) is 1.62. The van der Waals surface area contributed by atoms with E-state index >= 15 is 0 Å². The van der Waals surface area contributed by atoms with Gasteiger partial charge in [0.25, 0.3) is 0 Å². The molecule has 17 heavy (non-hydrogen) atoms. The SMILES string of the molecule is Cc1nccn1CCNc1ccc(C#N)cc1. The number of benzene rings is 1. The van der Waals surface area contributed by atoms with Crippen molar-refractivity contribution >= 4 is 5.69 Å². The third kappa shape index (κ3) is 2.85. The van der Waals surface area contributed by atoms with Gasteiger partial charge in [-0.15, -0.1) is 0 Å². The molecule has 0 radical (unpaired) electrons. The molecule has 2 aromatic rings. The molecular formula is C13H14N4. The lowest BCUT2D eigenvalue weighted by Crippen LogP contribution is -2.10. The van der Waals surface area contributed by atoms with Crippen LogP contribution in [0, 0.1) is 18.3 Å². The number of nitrogens with one attached hydrogen (secondary N) is 1. The zero-order valence-electron chi connectivity index (χ0n) is 9.72. The van der Waals surface area contributed by atoms with E-state index in [1.54, 1.807) is 6.20 Å². The maximum atomic E-state index is 8.68. The molecule has 0 saturated heterocycles. The summed E-state index contributed by atoms with van der Waals surface area (Å²) in [6.07, 6.45) is 3.77. The van der Waals surface area contributed by atoms with E-state index in [1.165, 1.54) is 0 Å². The van der Waals surface area contributed by atoms with Crippen molar-refractivity contribution in [1.82, 2.24) is 9.55 Å². The number of aryl methyl sites for hydroxylation is 1. The van der Waals surface area contributed by atoms with E-state index in [2.05, 4.69) is 20.9 Å². The predicted molar refractivity (Wildman–Crippen MR) is 66.6 cm³/mol. The van der Waals surface area contributed by atoms with E-state index in [-0.39, 0.29) is 0 Å². The molecule has 2 rings (SSSR count). The van der Waals surface area contributed by atoms with Crippen LogP contribution in [0.1, 0.15) is 11.4 Å². The normalized spacial score (nSPS) is 9.88. The van der Waals surface area contributed by atoms with Gasteiger partial charge in [0.1, 0.15) is 5.82 Å². The van der Waals surface area contributed by atoms with E-state index in [9.17, 15) is 0 Å². The van der Waals surface area contributed by atoms with Crippen LogP contribution in [0.3, 0.4) is 0 Å². The van der Waals surface area contributed by atoms with Gasteiger partial charge in [-0.2, -0.15) is 5.26 Å². The first-order valence-corrected chi connectivity index (χ1v) is 5.51. The Morgan fingerprint density at radius 1 is 1.35 bits per heavy atom. The second-order valence-electron chi connectivity index (χ2n) is 3.78. The number of hydrogen-bond acceptors (Lipinski definition) is 3. The monoisotopic (exact) mass is 226 g/mol. The molecule has 0 aliphatic rings. The molecule has 0 aliphatic carbocycles. The molecule has 0 aliphatic heterocycles. The number of rotatable bonds is 4. The van der Waals surface area contributed by atoms with Gasteiger partial charge in [-0.3, -0.25) is 0 Å². The van der Waals surface area contributed by atoms with Crippen molar-refractivity contribution in [3.63, 3.8) is 0 Å². The molecule has 0 unspecified atom stereocenters. The molecule has 1 aromatic carbocycles. The van der Waals surface area contributed by atoms with Crippen molar-refractivity contribution in [2.24, 2.45) is 0 Å². The summed E-state index contributed by atoms with van der Waals surface area (Å²) in [5.41, 5.74) is 1.71. The van der Waals surface area contributed by atoms with Crippen LogP contribution in [-0.2, 0) is 6.54 Å². The van der Waals surface area contributed by atoms with E-state index in [1.807, 2.05) is 37.4 Å². The molecule has 0 fully saturated rings. The van der Waals surface area contributed by atoms with Crippen LogP contribution in [-0.4, -0.2) is 16.1 Å². The lowest BCUT2D eigenvalue weighted by Gasteiger charge is -2.08. The van der Waals surface area contributed by atoms with E-state index < -0.39 is 0 Å². The van der Waals surface area contributed by atoms with Gasteiger partial charge in [0.2, 0.25) is 0 Å². The molecule has 4 heteroatoms. The fourth-order valence-electron chi connectivity index (χ4n) is 1.62. The maximum absolute atomic E-state index is 8.68. The summed E-state index contributed by atoms with van der Waals surface area (Å²) in [6, 6.07) is 9.55. The summed E-state index contributed by atoms with van der Waals surface area (Å²) < 4.78 is 2.09. The molecule has 86 valence electrons. The first-order chi connectivity index (χ1) is 8.29. The van der Waals surface area contributed by atoms with Gasteiger partial charge < -0.3 is 9.88 Å². The highest BCUT2D eigenvalue weighted by atomic mass is 15.1. The molecule has 1 aromatic heterocycles. The smallest absolute Gasteiger partial charge is 0.105 e. The van der Waals surface area contributed by atoms with Gasteiger partial charge in [0.05, 0.1) is 11.6 Å². The Balaban J connectivity index is 1.86. The molecule has 0 bridgehead atoms. The molecule has 0 amide bonds. The Morgan fingerprint density at radius 3 is 2.71 bits per heavy atom. The second-order valence-corrected chi connectivity index (χ2v) is 3.78. The van der Waals surface area contributed by atoms with Crippen molar-refractivity contribution in [3.8, 4) is 6.07 Å². The molecule has 1 N–H and O–H groups in total. The van der Waals surface area contributed by atoms with Crippen LogP contribution in [0.2, 0.25) is 0 Å². The van der Waals surface area contributed by atoms with E-state index in [4.69, 9.17) is 5.26 Å². The van der Waals surface area contributed by atoms with Gasteiger partial charge >= 0.3 is 0 Å². The highest BCUT2D eigenvalue weighted by molar-refractivity contribution is 5.46. The van der Waals surface area contributed by atoms with Gasteiger partial charge in [-0.05, 0) is 31.2 Å². The summed E-state index contributed by atoms with van der Waals surface area (Å²) in [5.74, 6) is 1.02. The van der Waals surface area contributed by atoms with Crippen molar-refractivity contribution in [2.45, 2.75) is 13.5 Å². The Labute approximate surface area is 101 Å². The third-order valence-corrected chi connectivity index (χ3v) is 2.62. The second kappa shape index (κ2) is 5.17. The maximum Gasteiger partial charge on any atom is 0.105 e. The van der Waals surface area contributed by atoms with Crippen molar-refractivity contribution in [2.75, 3.05) is 11.9 Å².